The maximum atomic E-state index is 12.6. The lowest BCUT2D eigenvalue weighted by atomic mass is 9.88. The van der Waals surface area contributed by atoms with E-state index in [0.29, 0.717) is 5.56 Å². The number of hydrogen-bond acceptors (Lipinski definition) is 3. The summed E-state index contributed by atoms with van der Waals surface area (Å²) in [6.45, 7) is 1.61. The van der Waals surface area contributed by atoms with Crippen molar-refractivity contribution in [2.24, 2.45) is 0 Å². The number of aliphatic carboxylic acids is 1. The van der Waals surface area contributed by atoms with Gasteiger partial charge < -0.3 is 5.11 Å². The molecule has 0 aliphatic carbocycles. The van der Waals surface area contributed by atoms with Crippen LogP contribution < -0.4 is 4.72 Å². The standard InChI is InChI=1S/C16H16ClNO4S/c1-2-16(15(19)20,12-8-4-3-5-9-12)18-23(21,22)14-11-7-6-10-13(14)17/h3-11,18H,2H2,1H3,(H,19,20). The molecule has 122 valence electrons. The predicted molar refractivity (Wildman–Crippen MR) is 87.8 cm³/mol. The van der Waals surface area contributed by atoms with E-state index in [-0.39, 0.29) is 16.3 Å². The lowest BCUT2D eigenvalue weighted by molar-refractivity contribution is -0.144. The number of carboxylic acid groups (broad SMARTS) is 1. The summed E-state index contributed by atoms with van der Waals surface area (Å²) in [4.78, 5) is 11.7. The van der Waals surface area contributed by atoms with Gasteiger partial charge in [-0.25, -0.2) is 13.2 Å². The molecule has 0 aliphatic heterocycles. The van der Waals surface area contributed by atoms with E-state index in [9.17, 15) is 18.3 Å². The van der Waals surface area contributed by atoms with Crippen molar-refractivity contribution in [2.75, 3.05) is 0 Å². The Balaban J connectivity index is 2.56. The van der Waals surface area contributed by atoms with Gasteiger partial charge in [0.15, 0.2) is 5.54 Å². The van der Waals surface area contributed by atoms with Crippen LogP contribution in [0.2, 0.25) is 5.02 Å². The van der Waals surface area contributed by atoms with E-state index < -0.39 is 21.5 Å². The van der Waals surface area contributed by atoms with Gasteiger partial charge in [-0.1, -0.05) is 61.0 Å². The van der Waals surface area contributed by atoms with Gasteiger partial charge in [-0.15, -0.1) is 0 Å². The van der Waals surface area contributed by atoms with Gasteiger partial charge >= 0.3 is 5.97 Å². The second-order valence-electron chi connectivity index (χ2n) is 4.97. The van der Waals surface area contributed by atoms with E-state index in [1.807, 2.05) is 0 Å². The highest BCUT2D eigenvalue weighted by atomic mass is 35.5. The molecular formula is C16H16ClNO4S. The van der Waals surface area contributed by atoms with Crippen LogP contribution in [-0.4, -0.2) is 19.5 Å². The van der Waals surface area contributed by atoms with Crippen molar-refractivity contribution in [1.29, 1.82) is 0 Å². The normalized spacial score (nSPS) is 14.2. The van der Waals surface area contributed by atoms with Crippen molar-refractivity contribution in [1.82, 2.24) is 4.72 Å². The summed E-state index contributed by atoms with van der Waals surface area (Å²) in [6, 6.07) is 14.1. The molecule has 1 atom stereocenters. The van der Waals surface area contributed by atoms with Gasteiger partial charge in [0.05, 0.1) is 5.02 Å². The van der Waals surface area contributed by atoms with Gasteiger partial charge in [0.25, 0.3) is 0 Å². The summed E-state index contributed by atoms with van der Waals surface area (Å²) in [5.74, 6) is -1.28. The van der Waals surface area contributed by atoms with Crippen LogP contribution in [0, 0.1) is 0 Å². The lowest BCUT2D eigenvalue weighted by Crippen LogP contribution is -2.51. The first kappa shape index (κ1) is 17.5. The van der Waals surface area contributed by atoms with Crippen LogP contribution in [0.3, 0.4) is 0 Å². The minimum Gasteiger partial charge on any atom is -0.480 e. The number of benzene rings is 2. The Morgan fingerprint density at radius 3 is 2.22 bits per heavy atom. The quantitative estimate of drug-likeness (QED) is 0.836. The molecule has 2 N–H and O–H groups in total. The summed E-state index contributed by atoms with van der Waals surface area (Å²) < 4.78 is 27.6. The first-order valence-corrected chi connectivity index (χ1v) is 8.77. The Kier molecular flexibility index (Phi) is 5.09. The zero-order valence-corrected chi connectivity index (χ0v) is 13.9. The minimum atomic E-state index is -4.12. The average molecular weight is 354 g/mol. The topological polar surface area (TPSA) is 83.5 Å². The first-order valence-electron chi connectivity index (χ1n) is 6.91. The largest absolute Gasteiger partial charge is 0.480 e. The second-order valence-corrected chi connectivity index (χ2v) is 7.02. The molecule has 0 aliphatic rings. The van der Waals surface area contributed by atoms with Crippen molar-refractivity contribution < 1.29 is 18.3 Å². The second kappa shape index (κ2) is 6.70. The molecule has 0 fully saturated rings. The van der Waals surface area contributed by atoms with E-state index in [4.69, 9.17) is 11.6 Å². The molecule has 0 amide bonds. The molecule has 1 unspecified atom stereocenters. The number of nitrogens with one attached hydrogen (secondary N) is 1. The van der Waals surface area contributed by atoms with Crippen LogP contribution >= 0.6 is 11.6 Å². The van der Waals surface area contributed by atoms with Gasteiger partial charge in [-0.05, 0) is 24.1 Å². The molecule has 5 nitrogen and oxygen atoms in total. The third-order valence-corrected chi connectivity index (χ3v) is 5.59. The summed E-state index contributed by atoms with van der Waals surface area (Å²) >= 11 is 5.94. The van der Waals surface area contributed by atoms with E-state index in [0.717, 1.165) is 0 Å². The first-order chi connectivity index (χ1) is 10.8. The maximum Gasteiger partial charge on any atom is 0.329 e. The molecule has 23 heavy (non-hydrogen) atoms. The number of hydrogen-bond donors (Lipinski definition) is 2. The van der Waals surface area contributed by atoms with Crippen molar-refractivity contribution in [3.05, 3.63) is 65.2 Å². The highest BCUT2D eigenvalue weighted by Gasteiger charge is 2.43. The van der Waals surface area contributed by atoms with E-state index in [1.165, 1.54) is 18.2 Å². The molecule has 2 aromatic carbocycles. The fourth-order valence-corrected chi connectivity index (χ4v) is 4.26. The Labute approximate surface area is 140 Å². The van der Waals surface area contributed by atoms with Gasteiger partial charge in [-0.2, -0.15) is 4.72 Å². The SMILES string of the molecule is CCC(NS(=O)(=O)c1ccccc1Cl)(C(=O)O)c1ccccc1. The number of halogens is 1. The predicted octanol–water partition coefficient (Wildman–Crippen LogP) is 3.01. The van der Waals surface area contributed by atoms with Gasteiger partial charge in [0.1, 0.15) is 4.90 Å². The van der Waals surface area contributed by atoms with Crippen LogP contribution in [0.4, 0.5) is 0 Å². The number of carboxylic acids is 1. The van der Waals surface area contributed by atoms with Crippen LogP contribution in [0.1, 0.15) is 18.9 Å². The smallest absolute Gasteiger partial charge is 0.329 e. The van der Waals surface area contributed by atoms with Crippen LogP contribution in [-0.2, 0) is 20.4 Å². The summed E-state index contributed by atoms with van der Waals surface area (Å²) in [7, 11) is -4.12. The molecule has 0 heterocycles. The number of carbonyl (C=O) groups is 1. The van der Waals surface area contributed by atoms with Gasteiger partial charge in [0, 0.05) is 0 Å². The third kappa shape index (κ3) is 3.39. The molecular weight excluding hydrogens is 338 g/mol. The minimum absolute atomic E-state index is 0.0310. The zero-order chi connectivity index (χ0) is 17.1. The van der Waals surface area contributed by atoms with Crippen LogP contribution in [0.25, 0.3) is 0 Å². The molecule has 0 spiro atoms. The van der Waals surface area contributed by atoms with Crippen molar-refractivity contribution in [2.45, 2.75) is 23.8 Å². The van der Waals surface area contributed by atoms with Crippen molar-refractivity contribution >= 4 is 27.6 Å². The summed E-state index contributed by atoms with van der Waals surface area (Å²) in [5.41, 5.74) is -1.41. The average Bonchev–Trinajstić information content (AvgIpc) is 2.53. The number of sulfonamides is 1. The maximum absolute atomic E-state index is 12.6. The molecule has 0 bridgehead atoms. The van der Waals surface area contributed by atoms with Crippen molar-refractivity contribution in [3.8, 4) is 0 Å². The number of rotatable bonds is 6. The summed E-state index contributed by atoms with van der Waals surface area (Å²) in [6.07, 6.45) is 0.0377. The van der Waals surface area contributed by atoms with Gasteiger partial charge in [-0.3, -0.25) is 0 Å². The van der Waals surface area contributed by atoms with E-state index in [2.05, 4.69) is 4.72 Å². The van der Waals surface area contributed by atoms with Gasteiger partial charge in [0.2, 0.25) is 10.0 Å². The highest BCUT2D eigenvalue weighted by molar-refractivity contribution is 7.89. The molecule has 0 saturated carbocycles. The lowest BCUT2D eigenvalue weighted by Gasteiger charge is -2.29. The monoisotopic (exact) mass is 353 g/mol. The van der Waals surface area contributed by atoms with E-state index in [1.54, 1.807) is 43.3 Å². The fourth-order valence-electron chi connectivity index (χ4n) is 2.32. The van der Waals surface area contributed by atoms with Crippen LogP contribution in [0.15, 0.2) is 59.5 Å². The van der Waals surface area contributed by atoms with Crippen molar-refractivity contribution in [3.63, 3.8) is 0 Å². The third-order valence-electron chi connectivity index (χ3n) is 3.60. The molecule has 0 radical (unpaired) electrons. The Morgan fingerprint density at radius 1 is 1.13 bits per heavy atom. The van der Waals surface area contributed by atoms with Crippen LogP contribution in [0.5, 0.6) is 0 Å². The highest BCUT2D eigenvalue weighted by Crippen LogP contribution is 2.29. The molecule has 2 aromatic rings. The zero-order valence-electron chi connectivity index (χ0n) is 12.4. The van der Waals surface area contributed by atoms with E-state index >= 15 is 0 Å². The summed E-state index contributed by atoms with van der Waals surface area (Å²) in [5, 5.41) is 9.73. The molecule has 2 rings (SSSR count). The fraction of sp³-hybridized carbons (Fsp3) is 0.188. The molecule has 0 saturated heterocycles. The Morgan fingerprint density at radius 2 is 1.70 bits per heavy atom. The molecule has 7 heteroatoms. The Bertz CT molecular complexity index is 808. The Hall–Kier alpha value is -1.89. The molecule has 0 aromatic heterocycles.